The zero-order chi connectivity index (χ0) is 22.0. The van der Waals surface area contributed by atoms with Crippen LogP contribution < -0.4 is 16.6 Å². The minimum atomic E-state index is -0.579. The minimum absolute atomic E-state index is 0.277. The first kappa shape index (κ1) is 21.0. The Balaban J connectivity index is 1.41. The van der Waals surface area contributed by atoms with E-state index in [1.54, 1.807) is 11.6 Å². The summed E-state index contributed by atoms with van der Waals surface area (Å²) in [4.78, 5) is 44.2. The predicted molar refractivity (Wildman–Crippen MR) is 116 cm³/mol. The molecule has 0 bridgehead atoms. The fraction of sp³-hybridized carbons (Fsp3) is 0.429. The molecule has 0 aliphatic carbocycles. The molecule has 1 fully saturated rings. The molecule has 3 aromatic rings. The number of amides is 1. The molecule has 3 heterocycles. The van der Waals surface area contributed by atoms with E-state index in [9.17, 15) is 14.4 Å². The average Bonchev–Trinajstić information content (AvgIpc) is 3.17. The first-order valence-corrected chi connectivity index (χ1v) is 10.2. The Morgan fingerprint density at radius 2 is 1.84 bits per heavy atom. The van der Waals surface area contributed by atoms with Crippen molar-refractivity contribution in [1.29, 1.82) is 0 Å². The van der Waals surface area contributed by atoms with Crippen LogP contribution in [-0.4, -0.2) is 62.3 Å². The van der Waals surface area contributed by atoms with Gasteiger partial charge in [-0.25, -0.2) is 14.3 Å². The molecule has 4 rings (SSSR count). The molecule has 0 radical (unpaired) electrons. The second-order valence-electron chi connectivity index (χ2n) is 7.71. The fourth-order valence-electron chi connectivity index (χ4n) is 3.75. The molecule has 164 valence electrons. The van der Waals surface area contributed by atoms with Gasteiger partial charge in [-0.1, -0.05) is 12.1 Å². The van der Waals surface area contributed by atoms with Gasteiger partial charge in [0.2, 0.25) is 5.91 Å². The van der Waals surface area contributed by atoms with E-state index in [4.69, 9.17) is 4.74 Å². The number of fused-ring (bicyclic) bond motifs is 1. The summed E-state index contributed by atoms with van der Waals surface area (Å²) in [6, 6.07) is 7.61. The zero-order valence-electron chi connectivity index (χ0n) is 17.7. The molecule has 1 N–H and O–H groups in total. The number of ether oxygens (including phenoxy) is 1. The highest BCUT2D eigenvalue weighted by atomic mass is 16.5. The second kappa shape index (κ2) is 8.86. The zero-order valence-corrected chi connectivity index (χ0v) is 17.7. The number of carbonyl (C=O) groups is 1. The van der Waals surface area contributed by atoms with Crippen molar-refractivity contribution in [3.63, 3.8) is 0 Å². The van der Waals surface area contributed by atoms with Gasteiger partial charge in [0.25, 0.3) is 5.56 Å². The Labute approximate surface area is 178 Å². The summed E-state index contributed by atoms with van der Waals surface area (Å²) >= 11 is 0. The van der Waals surface area contributed by atoms with Crippen LogP contribution in [0.25, 0.3) is 11.2 Å². The van der Waals surface area contributed by atoms with Gasteiger partial charge in [-0.05, 0) is 24.1 Å². The lowest BCUT2D eigenvalue weighted by Gasteiger charge is -2.26. The molecule has 1 aromatic carbocycles. The number of hydrogen-bond acceptors (Lipinski definition) is 6. The minimum Gasteiger partial charge on any atom is -0.379 e. The monoisotopic (exact) mass is 426 g/mol. The number of hydrogen-bond donors (Lipinski definition) is 1. The number of nitrogens with zero attached hydrogens (tertiary/aromatic N) is 5. The molecule has 0 unspecified atom stereocenters. The van der Waals surface area contributed by atoms with Crippen molar-refractivity contribution < 1.29 is 9.53 Å². The van der Waals surface area contributed by atoms with Gasteiger partial charge in [0, 0.05) is 39.4 Å². The largest absolute Gasteiger partial charge is 0.379 e. The molecule has 0 saturated carbocycles. The van der Waals surface area contributed by atoms with Crippen molar-refractivity contribution in [2.45, 2.75) is 13.0 Å². The van der Waals surface area contributed by atoms with Crippen LogP contribution >= 0.6 is 0 Å². The van der Waals surface area contributed by atoms with E-state index in [-0.39, 0.29) is 12.1 Å². The summed E-state index contributed by atoms with van der Waals surface area (Å²) in [5, 5.41) is 2.76. The highest BCUT2D eigenvalue weighted by Gasteiger charge is 2.17. The van der Waals surface area contributed by atoms with Crippen molar-refractivity contribution in [1.82, 2.24) is 23.6 Å². The van der Waals surface area contributed by atoms with Crippen molar-refractivity contribution in [2.24, 2.45) is 14.1 Å². The molecule has 1 saturated heterocycles. The third-order valence-electron chi connectivity index (χ3n) is 5.56. The van der Waals surface area contributed by atoms with Crippen molar-refractivity contribution in [2.75, 3.05) is 38.2 Å². The molecule has 2 aromatic heterocycles. The van der Waals surface area contributed by atoms with E-state index in [1.165, 1.54) is 23.5 Å². The van der Waals surface area contributed by atoms with Gasteiger partial charge < -0.3 is 14.6 Å². The standard InChI is InChI=1S/C21H26N6O4/c1-24-14-22-19-18(24)20(29)27(21(30)25(19)2)13-17(28)23-16-5-3-15(4-6-16)7-8-26-9-11-31-12-10-26/h3-6,14H,7-13H2,1-2H3,(H,23,28). The maximum atomic E-state index is 12.7. The second-order valence-corrected chi connectivity index (χ2v) is 7.71. The SMILES string of the molecule is Cn1cnc2c1c(=O)n(CC(=O)Nc1ccc(CCN3CCOCC3)cc1)c(=O)n2C. The Morgan fingerprint density at radius 1 is 1.13 bits per heavy atom. The highest BCUT2D eigenvalue weighted by Crippen LogP contribution is 2.11. The van der Waals surface area contributed by atoms with E-state index in [0.29, 0.717) is 11.3 Å². The number of carbonyl (C=O) groups excluding carboxylic acids is 1. The molecule has 0 spiro atoms. The Bertz CT molecular complexity index is 1200. The van der Waals surface area contributed by atoms with E-state index in [2.05, 4.69) is 15.2 Å². The molecular formula is C21H26N6O4. The third kappa shape index (κ3) is 4.44. The van der Waals surface area contributed by atoms with Gasteiger partial charge >= 0.3 is 5.69 Å². The number of morpholine rings is 1. The van der Waals surface area contributed by atoms with E-state index in [0.717, 1.165) is 43.8 Å². The number of nitrogens with one attached hydrogen (secondary N) is 1. The van der Waals surface area contributed by atoms with Crippen LogP contribution in [0.1, 0.15) is 5.56 Å². The number of rotatable bonds is 6. The van der Waals surface area contributed by atoms with Crippen LogP contribution in [0, 0.1) is 0 Å². The Kier molecular flexibility index (Phi) is 6.01. The predicted octanol–water partition coefficient (Wildman–Crippen LogP) is -0.0529. The highest BCUT2D eigenvalue weighted by molar-refractivity contribution is 5.90. The summed E-state index contributed by atoms with van der Waals surface area (Å²) in [7, 11) is 3.20. The summed E-state index contributed by atoms with van der Waals surface area (Å²) < 4.78 is 9.10. The van der Waals surface area contributed by atoms with Crippen LogP contribution in [0.15, 0.2) is 40.2 Å². The fourth-order valence-corrected chi connectivity index (χ4v) is 3.75. The van der Waals surface area contributed by atoms with Crippen LogP contribution in [0.5, 0.6) is 0 Å². The van der Waals surface area contributed by atoms with Gasteiger partial charge in [-0.3, -0.25) is 19.1 Å². The van der Waals surface area contributed by atoms with Gasteiger partial charge in [-0.15, -0.1) is 0 Å². The van der Waals surface area contributed by atoms with Crippen molar-refractivity contribution in [3.8, 4) is 0 Å². The van der Waals surface area contributed by atoms with Gasteiger partial charge in [-0.2, -0.15) is 0 Å². The number of imidazole rings is 1. The van der Waals surface area contributed by atoms with Crippen LogP contribution in [0.2, 0.25) is 0 Å². The lowest BCUT2D eigenvalue weighted by atomic mass is 10.1. The maximum absolute atomic E-state index is 12.7. The smallest absolute Gasteiger partial charge is 0.332 e. The number of benzene rings is 1. The molecule has 1 aliphatic rings. The Hall–Kier alpha value is -3.24. The van der Waals surface area contributed by atoms with E-state index >= 15 is 0 Å². The van der Waals surface area contributed by atoms with Crippen LogP contribution in [0.4, 0.5) is 5.69 Å². The van der Waals surface area contributed by atoms with E-state index in [1.807, 2.05) is 24.3 Å². The molecule has 31 heavy (non-hydrogen) atoms. The summed E-state index contributed by atoms with van der Waals surface area (Å²) in [6.07, 6.45) is 2.39. The van der Waals surface area contributed by atoms with E-state index < -0.39 is 17.2 Å². The Morgan fingerprint density at radius 3 is 2.55 bits per heavy atom. The topological polar surface area (TPSA) is 103 Å². The molecular weight excluding hydrogens is 400 g/mol. The van der Waals surface area contributed by atoms with Gasteiger partial charge in [0.15, 0.2) is 11.2 Å². The molecule has 1 amide bonds. The lowest BCUT2D eigenvalue weighted by molar-refractivity contribution is -0.116. The van der Waals surface area contributed by atoms with Gasteiger partial charge in [0.1, 0.15) is 6.54 Å². The third-order valence-corrected chi connectivity index (χ3v) is 5.56. The van der Waals surface area contributed by atoms with Crippen molar-refractivity contribution in [3.05, 3.63) is 57.0 Å². The normalized spacial score (nSPS) is 14.8. The molecule has 10 nitrogen and oxygen atoms in total. The number of anilines is 1. The summed E-state index contributed by atoms with van der Waals surface area (Å²) in [6.45, 7) is 4.08. The molecule has 1 aliphatic heterocycles. The molecule has 10 heteroatoms. The van der Waals surface area contributed by atoms with Crippen LogP contribution in [0.3, 0.4) is 0 Å². The average molecular weight is 426 g/mol. The quantitative estimate of drug-likeness (QED) is 0.593. The molecule has 0 atom stereocenters. The summed E-state index contributed by atoms with van der Waals surface area (Å²) in [5.41, 5.74) is 1.25. The van der Waals surface area contributed by atoms with Crippen LogP contribution in [-0.2, 0) is 36.6 Å². The van der Waals surface area contributed by atoms with Gasteiger partial charge in [0.05, 0.1) is 19.5 Å². The van der Waals surface area contributed by atoms with Crippen molar-refractivity contribution >= 4 is 22.8 Å². The number of aryl methyl sites for hydroxylation is 2. The first-order valence-electron chi connectivity index (χ1n) is 10.2. The lowest BCUT2D eigenvalue weighted by Crippen LogP contribution is -2.42. The number of aromatic nitrogens is 4. The first-order chi connectivity index (χ1) is 14.9. The maximum Gasteiger partial charge on any atom is 0.332 e. The summed E-state index contributed by atoms with van der Waals surface area (Å²) in [5.74, 6) is -0.443.